The summed E-state index contributed by atoms with van der Waals surface area (Å²) >= 11 is 0. The van der Waals surface area contributed by atoms with E-state index in [-0.39, 0.29) is 11.8 Å². The van der Waals surface area contributed by atoms with Gasteiger partial charge in [0.15, 0.2) is 0 Å². The average molecular weight is 270 g/mol. The minimum atomic E-state index is -0.881. The lowest BCUT2D eigenvalue weighted by Crippen LogP contribution is -2.40. The highest BCUT2D eigenvalue weighted by Crippen LogP contribution is 2.30. The number of nitrogens with one attached hydrogen (secondary N) is 1. The molecule has 0 aliphatic heterocycles. The number of primary amides is 1. The van der Waals surface area contributed by atoms with Gasteiger partial charge >= 0.3 is 5.97 Å². The number of hydrogen-bond donors (Lipinski definition) is 3. The van der Waals surface area contributed by atoms with Gasteiger partial charge in [-0.25, -0.2) is 0 Å². The van der Waals surface area contributed by atoms with Crippen molar-refractivity contribution in [2.75, 3.05) is 6.54 Å². The monoisotopic (exact) mass is 270 g/mol. The molecule has 0 aromatic carbocycles. The summed E-state index contributed by atoms with van der Waals surface area (Å²) < 4.78 is 0. The van der Waals surface area contributed by atoms with Crippen LogP contribution < -0.4 is 11.1 Å². The summed E-state index contributed by atoms with van der Waals surface area (Å²) in [5, 5.41) is 11.9. The molecule has 0 unspecified atom stereocenters. The van der Waals surface area contributed by atoms with Crippen LogP contribution in [0.4, 0.5) is 0 Å². The summed E-state index contributed by atoms with van der Waals surface area (Å²) in [7, 11) is 0. The largest absolute Gasteiger partial charge is 0.481 e. The van der Waals surface area contributed by atoms with Gasteiger partial charge in [0.25, 0.3) is 0 Å². The Kier molecular flexibility index (Phi) is 6.32. The number of nitrogens with two attached hydrogens (primary N) is 1. The second-order valence-corrected chi connectivity index (χ2v) is 5.05. The first-order valence-electron chi connectivity index (χ1n) is 6.81. The van der Waals surface area contributed by atoms with Crippen LogP contribution in [0.25, 0.3) is 0 Å². The molecule has 6 nitrogen and oxygen atoms in total. The Morgan fingerprint density at radius 3 is 2.32 bits per heavy atom. The highest BCUT2D eigenvalue weighted by atomic mass is 16.4. The number of hydrogen-bond acceptors (Lipinski definition) is 3. The molecule has 1 fully saturated rings. The van der Waals surface area contributed by atoms with Crippen LogP contribution >= 0.6 is 0 Å². The van der Waals surface area contributed by atoms with Crippen molar-refractivity contribution in [2.45, 2.75) is 44.9 Å². The van der Waals surface area contributed by atoms with Gasteiger partial charge in [-0.3, -0.25) is 14.4 Å². The van der Waals surface area contributed by atoms with Crippen molar-refractivity contribution in [1.29, 1.82) is 0 Å². The topological polar surface area (TPSA) is 109 Å². The third-order valence-electron chi connectivity index (χ3n) is 3.57. The maximum atomic E-state index is 11.9. The molecule has 0 spiro atoms. The Bertz CT molecular complexity index is 344. The van der Waals surface area contributed by atoms with Crippen LogP contribution in [-0.4, -0.2) is 29.4 Å². The summed E-state index contributed by atoms with van der Waals surface area (Å²) in [6.45, 7) is 0.467. The van der Waals surface area contributed by atoms with Crippen LogP contribution in [0, 0.1) is 11.8 Å². The van der Waals surface area contributed by atoms with Crippen molar-refractivity contribution in [3.05, 3.63) is 0 Å². The molecule has 0 saturated heterocycles. The van der Waals surface area contributed by atoms with Gasteiger partial charge in [-0.2, -0.15) is 0 Å². The zero-order chi connectivity index (χ0) is 14.3. The van der Waals surface area contributed by atoms with Gasteiger partial charge in [-0.15, -0.1) is 0 Å². The number of carbonyl (C=O) groups excluding carboxylic acids is 2. The second kappa shape index (κ2) is 7.76. The molecule has 1 saturated carbocycles. The van der Waals surface area contributed by atoms with E-state index in [0.717, 1.165) is 12.8 Å². The van der Waals surface area contributed by atoms with Gasteiger partial charge in [0.05, 0.1) is 11.8 Å². The first-order valence-corrected chi connectivity index (χ1v) is 6.81. The third-order valence-corrected chi connectivity index (χ3v) is 3.57. The van der Waals surface area contributed by atoms with Gasteiger partial charge in [0.1, 0.15) is 0 Å². The van der Waals surface area contributed by atoms with Gasteiger partial charge < -0.3 is 16.2 Å². The molecule has 4 N–H and O–H groups in total. The second-order valence-electron chi connectivity index (χ2n) is 5.05. The van der Waals surface area contributed by atoms with Crippen molar-refractivity contribution >= 4 is 17.8 Å². The fourth-order valence-electron chi connectivity index (χ4n) is 2.51. The fraction of sp³-hybridized carbons (Fsp3) is 0.769. The van der Waals surface area contributed by atoms with Crippen LogP contribution in [0.3, 0.4) is 0 Å². The lowest BCUT2D eigenvalue weighted by Gasteiger charge is -2.27. The molecule has 108 valence electrons. The van der Waals surface area contributed by atoms with E-state index in [0.29, 0.717) is 38.6 Å². The SMILES string of the molecule is NC(=O)CCCCNC(=O)[C@@H]1CCCC[C@@H]1C(=O)O. The third kappa shape index (κ3) is 5.28. The first kappa shape index (κ1) is 15.5. The first-order chi connectivity index (χ1) is 9.02. The predicted molar refractivity (Wildman–Crippen MR) is 69.1 cm³/mol. The highest BCUT2D eigenvalue weighted by Gasteiger charge is 2.35. The summed E-state index contributed by atoms with van der Waals surface area (Å²) in [5.41, 5.74) is 5.01. The van der Waals surface area contributed by atoms with Gasteiger partial charge in [-0.1, -0.05) is 12.8 Å². The Labute approximate surface area is 112 Å². The Morgan fingerprint density at radius 1 is 1.11 bits per heavy atom. The molecule has 19 heavy (non-hydrogen) atoms. The number of rotatable bonds is 7. The predicted octanol–water partition coefficient (Wildman–Crippen LogP) is 0.649. The van der Waals surface area contributed by atoms with E-state index in [1.54, 1.807) is 0 Å². The number of carboxylic acids is 1. The molecule has 1 aliphatic rings. The van der Waals surface area contributed by atoms with E-state index < -0.39 is 17.8 Å². The molecular weight excluding hydrogens is 248 g/mol. The summed E-state index contributed by atoms with van der Waals surface area (Å²) in [6, 6.07) is 0. The lowest BCUT2D eigenvalue weighted by molar-refractivity contribution is -0.148. The molecule has 2 amide bonds. The normalized spacial score (nSPS) is 22.7. The van der Waals surface area contributed by atoms with E-state index >= 15 is 0 Å². The molecule has 0 bridgehead atoms. The number of aliphatic carboxylic acids is 1. The maximum absolute atomic E-state index is 11.9. The molecule has 0 radical (unpaired) electrons. The summed E-state index contributed by atoms with van der Waals surface area (Å²) in [6.07, 6.45) is 4.64. The fourth-order valence-corrected chi connectivity index (χ4v) is 2.51. The Morgan fingerprint density at radius 2 is 1.74 bits per heavy atom. The quantitative estimate of drug-likeness (QED) is 0.590. The van der Waals surface area contributed by atoms with Crippen LogP contribution in [0.15, 0.2) is 0 Å². The van der Waals surface area contributed by atoms with Crippen molar-refractivity contribution in [1.82, 2.24) is 5.32 Å². The van der Waals surface area contributed by atoms with Crippen molar-refractivity contribution in [3.8, 4) is 0 Å². The van der Waals surface area contributed by atoms with Crippen LogP contribution in [0.5, 0.6) is 0 Å². The van der Waals surface area contributed by atoms with Gasteiger partial charge in [0.2, 0.25) is 11.8 Å². The maximum Gasteiger partial charge on any atom is 0.307 e. The number of amides is 2. The van der Waals surface area contributed by atoms with Crippen LogP contribution in [-0.2, 0) is 14.4 Å². The average Bonchev–Trinajstić information content (AvgIpc) is 2.37. The minimum Gasteiger partial charge on any atom is -0.481 e. The Hall–Kier alpha value is -1.59. The summed E-state index contributed by atoms with van der Waals surface area (Å²) in [4.78, 5) is 33.6. The van der Waals surface area contributed by atoms with Crippen molar-refractivity contribution < 1.29 is 19.5 Å². The molecule has 0 heterocycles. The molecule has 6 heteroatoms. The minimum absolute atomic E-state index is 0.175. The smallest absolute Gasteiger partial charge is 0.307 e. The van der Waals surface area contributed by atoms with Crippen molar-refractivity contribution in [3.63, 3.8) is 0 Å². The zero-order valence-corrected chi connectivity index (χ0v) is 11.1. The van der Waals surface area contributed by atoms with E-state index in [9.17, 15) is 14.4 Å². The number of carboxylic acid groups (broad SMARTS) is 1. The standard InChI is InChI=1S/C13H22N2O4/c14-11(16)7-3-4-8-15-12(17)9-5-1-2-6-10(9)13(18)19/h9-10H,1-8H2,(H2,14,16)(H,15,17)(H,18,19)/t9-,10+/m1/s1. The molecule has 0 aromatic rings. The molecule has 1 aliphatic carbocycles. The van der Waals surface area contributed by atoms with E-state index in [1.165, 1.54) is 0 Å². The lowest BCUT2D eigenvalue weighted by atomic mass is 9.78. The highest BCUT2D eigenvalue weighted by molar-refractivity contribution is 5.84. The zero-order valence-electron chi connectivity index (χ0n) is 11.1. The Balaban J connectivity index is 2.30. The number of unbranched alkanes of at least 4 members (excludes halogenated alkanes) is 1. The van der Waals surface area contributed by atoms with Crippen molar-refractivity contribution in [2.24, 2.45) is 17.6 Å². The summed E-state index contributed by atoms with van der Waals surface area (Å²) in [5.74, 6) is -2.37. The van der Waals surface area contributed by atoms with E-state index in [4.69, 9.17) is 10.8 Å². The molecular formula is C13H22N2O4. The molecule has 2 atom stereocenters. The molecule has 0 aromatic heterocycles. The van der Waals surface area contributed by atoms with Gasteiger partial charge in [0, 0.05) is 13.0 Å². The van der Waals surface area contributed by atoms with E-state index in [2.05, 4.69) is 5.32 Å². The van der Waals surface area contributed by atoms with Gasteiger partial charge in [-0.05, 0) is 25.7 Å². The van der Waals surface area contributed by atoms with Crippen LogP contribution in [0.1, 0.15) is 44.9 Å². The molecule has 1 rings (SSSR count). The van der Waals surface area contributed by atoms with E-state index in [1.807, 2.05) is 0 Å². The van der Waals surface area contributed by atoms with Crippen LogP contribution in [0.2, 0.25) is 0 Å². The number of carbonyl (C=O) groups is 3.